The number of carbonyl (C=O) groups is 2. The number of amides is 2. The Balaban J connectivity index is 1.88. The van der Waals surface area contributed by atoms with Gasteiger partial charge in [0, 0.05) is 33.4 Å². The fourth-order valence-electron chi connectivity index (χ4n) is 3.44. The van der Waals surface area contributed by atoms with E-state index in [9.17, 15) is 9.59 Å². The molecule has 3 heterocycles. The van der Waals surface area contributed by atoms with Crippen LogP contribution in [0.1, 0.15) is 28.9 Å². The molecule has 1 aromatic rings. The third kappa shape index (κ3) is 1.90. The smallest absolute Gasteiger partial charge is 0.257 e. The molecule has 0 radical (unpaired) electrons. The van der Waals surface area contributed by atoms with Crippen LogP contribution < -0.4 is 0 Å². The summed E-state index contributed by atoms with van der Waals surface area (Å²) in [4.78, 5) is 28.4. The fourth-order valence-corrected chi connectivity index (χ4v) is 3.44. The first-order valence-electron chi connectivity index (χ1n) is 7.05. The van der Waals surface area contributed by atoms with Crippen molar-refractivity contribution in [1.82, 2.24) is 19.6 Å². The first-order valence-corrected chi connectivity index (χ1v) is 7.05. The molecule has 3 rings (SSSR count). The zero-order chi connectivity index (χ0) is 14.4. The molecule has 2 fully saturated rings. The Hall–Kier alpha value is -1.85. The fraction of sp³-hybridized carbons (Fsp3) is 0.643. The predicted molar refractivity (Wildman–Crippen MR) is 73.1 cm³/mol. The monoisotopic (exact) mass is 276 g/mol. The van der Waals surface area contributed by atoms with Gasteiger partial charge in [-0.05, 0) is 19.8 Å². The second kappa shape index (κ2) is 4.61. The Bertz CT molecular complexity index is 566. The number of piperidine rings is 1. The van der Waals surface area contributed by atoms with Crippen LogP contribution >= 0.6 is 0 Å². The summed E-state index contributed by atoms with van der Waals surface area (Å²) in [5.41, 5.74) is 1.40. The van der Waals surface area contributed by atoms with Crippen molar-refractivity contribution in [2.24, 2.45) is 13.0 Å². The zero-order valence-electron chi connectivity index (χ0n) is 12.2. The van der Waals surface area contributed by atoms with Gasteiger partial charge < -0.3 is 9.80 Å². The van der Waals surface area contributed by atoms with Crippen molar-refractivity contribution in [2.45, 2.75) is 25.8 Å². The minimum absolute atomic E-state index is 0.00778. The average Bonchev–Trinajstić information content (AvgIpc) is 2.89. The Morgan fingerprint density at radius 3 is 2.80 bits per heavy atom. The van der Waals surface area contributed by atoms with Crippen molar-refractivity contribution in [3.8, 4) is 0 Å². The van der Waals surface area contributed by atoms with Crippen molar-refractivity contribution in [1.29, 1.82) is 0 Å². The predicted octanol–water partition coefficient (Wildman–Crippen LogP) is 0.421. The largest absolute Gasteiger partial charge is 0.343 e. The lowest BCUT2D eigenvalue weighted by atomic mass is 9.91. The number of aromatic nitrogens is 2. The van der Waals surface area contributed by atoms with Crippen molar-refractivity contribution in [3.05, 3.63) is 17.5 Å². The Morgan fingerprint density at radius 1 is 1.40 bits per heavy atom. The SMILES string of the molecule is Cc1nn(C)cc1C(=O)N1CCC[C@H]2C(=O)N(C)C[C@H]21. The molecule has 0 aliphatic carbocycles. The van der Waals surface area contributed by atoms with Crippen LogP contribution in [0.3, 0.4) is 0 Å². The third-order valence-electron chi connectivity index (χ3n) is 4.44. The zero-order valence-corrected chi connectivity index (χ0v) is 12.2. The van der Waals surface area contributed by atoms with Gasteiger partial charge in [-0.25, -0.2) is 0 Å². The standard InChI is InChI=1S/C14H20N4O2/c1-9-11(7-17(3)15-9)14(20)18-6-4-5-10-12(18)8-16(2)13(10)19/h7,10,12H,4-6,8H2,1-3H3/t10-,12-/m1/s1. The second-order valence-electron chi connectivity index (χ2n) is 5.84. The lowest BCUT2D eigenvalue weighted by Gasteiger charge is -2.35. The van der Waals surface area contributed by atoms with E-state index < -0.39 is 0 Å². The van der Waals surface area contributed by atoms with Crippen LogP contribution in [0.15, 0.2) is 6.20 Å². The molecule has 2 saturated heterocycles. The number of rotatable bonds is 1. The lowest BCUT2D eigenvalue weighted by Crippen LogP contribution is -2.48. The highest BCUT2D eigenvalue weighted by Crippen LogP contribution is 2.32. The van der Waals surface area contributed by atoms with E-state index >= 15 is 0 Å². The summed E-state index contributed by atoms with van der Waals surface area (Å²) >= 11 is 0. The Morgan fingerprint density at radius 2 is 2.15 bits per heavy atom. The van der Waals surface area contributed by atoms with Crippen molar-refractivity contribution < 1.29 is 9.59 Å². The third-order valence-corrected chi connectivity index (χ3v) is 4.44. The summed E-state index contributed by atoms with van der Waals surface area (Å²) in [6, 6.07) is 0.0216. The average molecular weight is 276 g/mol. The van der Waals surface area contributed by atoms with Gasteiger partial charge in [-0.2, -0.15) is 5.10 Å². The van der Waals surface area contributed by atoms with Crippen LogP contribution in [-0.2, 0) is 11.8 Å². The maximum atomic E-state index is 12.7. The first-order chi connectivity index (χ1) is 9.49. The van der Waals surface area contributed by atoms with Gasteiger partial charge in [0.05, 0.1) is 23.2 Å². The second-order valence-corrected chi connectivity index (χ2v) is 5.84. The van der Waals surface area contributed by atoms with Gasteiger partial charge in [-0.3, -0.25) is 14.3 Å². The highest BCUT2D eigenvalue weighted by atomic mass is 16.2. The molecular weight excluding hydrogens is 256 g/mol. The molecule has 6 nitrogen and oxygen atoms in total. The van der Waals surface area contributed by atoms with Gasteiger partial charge >= 0.3 is 0 Å². The van der Waals surface area contributed by atoms with E-state index in [-0.39, 0.29) is 23.8 Å². The number of nitrogens with zero attached hydrogens (tertiary/aromatic N) is 4. The van der Waals surface area contributed by atoms with Crippen molar-refractivity contribution >= 4 is 11.8 Å². The normalized spacial score (nSPS) is 26.1. The summed E-state index contributed by atoms with van der Waals surface area (Å²) in [7, 11) is 3.63. The molecule has 0 aromatic carbocycles. The minimum atomic E-state index is -0.0188. The van der Waals surface area contributed by atoms with Gasteiger partial charge in [0.15, 0.2) is 0 Å². The molecule has 108 valence electrons. The molecule has 0 N–H and O–H groups in total. The molecule has 6 heteroatoms. The minimum Gasteiger partial charge on any atom is -0.343 e. The van der Waals surface area contributed by atoms with Crippen molar-refractivity contribution in [3.63, 3.8) is 0 Å². The molecule has 0 spiro atoms. The summed E-state index contributed by atoms with van der Waals surface area (Å²) in [5.74, 6) is 0.165. The van der Waals surface area contributed by atoms with E-state index in [1.54, 1.807) is 15.8 Å². The van der Waals surface area contributed by atoms with E-state index in [4.69, 9.17) is 0 Å². The van der Waals surface area contributed by atoms with Crippen LogP contribution in [0, 0.1) is 12.8 Å². The van der Waals surface area contributed by atoms with Crippen LogP contribution in [0.25, 0.3) is 0 Å². The van der Waals surface area contributed by atoms with E-state index in [1.165, 1.54) is 0 Å². The molecule has 0 saturated carbocycles. The number of fused-ring (bicyclic) bond motifs is 1. The van der Waals surface area contributed by atoms with Gasteiger partial charge in [-0.1, -0.05) is 0 Å². The van der Waals surface area contributed by atoms with Crippen LogP contribution in [0.5, 0.6) is 0 Å². The number of likely N-dealkylation sites (tertiary alicyclic amines) is 2. The number of likely N-dealkylation sites (N-methyl/N-ethyl adjacent to an activating group) is 1. The van der Waals surface area contributed by atoms with Gasteiger partial charge in [0.25, 0.3) is 5.91 Å². The number of carbonyl (C=O) groups excluding carboxylic acids is 2. The molecular formula is C14H20N4O2. The highest BCUT2D eigenvalue weighted by molar-refractivity contribution is 5.96. The van der Waals surface area contributed by atoms with E-state index in [2.05, 4.69) is 5.10 Å². The molecule has 0 unspecified atom stereocenters. The van der Waals surface area contributed by atoms with Crippen LogP contribution in [0.4, 0.5) is 0 Å². The lowest BCUT2D eigenvalue weighted by molar-refractivity contribution is -0.130. The van der Waals surface area contributed by atoms with Crippen molar-refractivity contribution in [2.75, 3.05) is 20.1 Å². The number of hydrogen-bond donors (Lipinski definition) is 0. The molecule has 2 aliphatic rings. The van der Waals surface area contributed by atoms with Crippen LogP contribution in [-0.4, -0.2) is 57.6 Å². The quantitative estimate of drug-likeness (QED) is 0.747. The Labute approximate surface area is 118 Å². The summed E-state index contributed by atoms with van der Waals surface area (Å²) in [6.07, 6.45) is 3.55. The molecule has 0 bridgehead atoms. The number of aryl methyl sites for hydroxylation is 2. The summed E-state index contributed by atoms with van der Waals surface area (Å²) < 4.78 is 1.66. The molecule has 1 aromatic heterocycles. The van der Waals surface area contributed by atoms with Gasteiger partial charge in [0.1, 0.15) is 0 Å². The maximum absolute atomic E-state index is 12.7. The van der Waals surface area contributed by atoms with E-state index in [0.717, 1.165) is 25.1 Å². The molecule has 20 heavy (non-hydrogen) atoms. The maximum Gasteiger partial charge on any atom is 0.257 e. The van der Waals surface area contributed by atoms with Crippen LogP contribution in [0.2, 0.25) is 0 Å². The summed E-state index contributed by atoms with van der Waals surface area (Å²) in [6.45, 7) is 3.23. The van der Waals surface area contributed by atoms with E-state index in [1.807, 2.05) is 25.9 Å². The summed E-state index contributed by atoms with van der Waals surface area (Å²) in [5, 5.41) is 4.23. The van der Waals surface area contributed by atoms with Gasteiger partial charge in [0.2, 0.25) is 5.91 Å². The molecule has 2 aliphatic heterocycles. The number of hydrogen-bond acceptors (Lipinski definition) is 3. The first kappa shape index (κ1) is 13.1. The van der Waals surface area contributed by atoms with E-state index in [0.29, 0.717) is 12.1 Å². The highest BCUT2D eigenvalue weighted by Gasteiger charge is 2.45. The molecule has 2 amide bonds. The topological polar surface area (TPSA) is 58.4 Å². The van der Waals surface area contributed by atoms with Gasteiger partial charge in [-0.15, -0.1) is 0 Å². The molecule has 2 atom stereocenters. The Kier molecular flexibility index (Phi) is 3.03.